The Bertz CT molecular complexity index is 1720. The second-order valence-electron chi connectivity index (χ2n) is 11.1. The Morgan fingerprint density at radius 2 is 1.42 bits per heavy atom. The monoisotopic (exact) mass is 690 g/mol. The van der Waals surface area contributed by atoms with Gasteiger partial charge in [-0.2, -0.15) is 13.2 Å². The highest BCUT2D eigenvalue weighted by Gasteiger charge is 2.50. The third-order valence-corrected chi connectivity index (χ3v) is 7.89. The summed E-state index contributed by atoms with van der Waals surface area (Å²) in [6.45, 7) is 3.27. The van der Waals surface area contributed by atoms with Gasteiger partial charge in [0, 0.05) is 0 Å². The molecule has 2 aromatic rings. The number of alkyl halides is 3. The van der Waals surface area contributed by atoms with Crippen molar-refractivity contribution in [1.29, 1.82) is 0 Å². The van der Waals surface area contributed by atoms with Crippen molar-refractivity contribution in [2.45, 2.75) is 45.7 Å². The second-order valence-corrected chi connectivity index (χ2v) is 11.1. The van der Waals surface area contributed by atoms with E-state index in [2.05, 4.69) is 0 Å². The van der Waals surface area contributed by atoms with Gasteiger partial charge >= 0.3 is 30.1 Å². The SMILES string of the molecule is CCOC(=O)C(CCCOC(=O)c1ccc(OC(=O)C2=C(c3ccc(C(F)(F)F)cc3)CC=CC=C2)cc1)(C(=O)OCC)C1=CC=CCC=C1. The number of carbonyl (C=O) groups excluding carboxylic acids is 4. The first-order valence-electron chi connectivity index (χ1n) is 16.1. The molecule has 0 atom stereocenters. The van der Waals surface area contributed by atoms with Crippen molar-refractivity contribution in [3.8, 4) is 5.75 Å². The van der Waals surface area contributed by atoms with Crippen LogP contribution in [0.3, 0.4) is 0 Å². The smallest absolute Gasteiger partial charge is 0.416 e. The highest BCUT2D eigenvalue weighted by Crippen LogP contribution is 2.38. The van der Waals surface area contributed by atoms with E-state index in [9.17, 15) is 32.3 Å². The van der Waals surface area contributed by atoms with Gasteiger partial charge in [0.05, 0.1) is 36.5 Å². The van der Waals surface area contributed by atoms with Crippen LogP contribution in [0.5, 0.6) is 5.75 Å². The molecule has 0 spiro atoms. The number of rotatable bonds is 13. The third kappa shape index (κ3) is 9.16. The molecule has 2 aliphatic rings. The topological polar surface area (TPSA) is 105 Å². The number of halogens is 3. The zero-order chi connectivity index (χ0) is 36.1. The van der Waals surface area contributed by atoms with Gasteiger partial charge in [-0.1, -0.05) is 60.7 Å². The van der Waals surface area contributed by atoms with Crippen molar-refractivity contribution in [2.75, 3.05) is 19.8 Å². The normalized spacial score (nSPS) is 14.4. The lowest BCUT2D eigenvalue weighted by Gasteiger charge is -2.30. The summed E-state index contributed by atoms with van der Waals surface area (Å²) in [5, 5.41) is 0. The number of hydrogen-bond acceptors (Lipinski definition) is 8. The Morgan fingerprint density at radius 1 is 0.740 bits per heavy atom. The molecule has 50 heavy (non-hydrogen) atoms. The van der Waals surface area contributed by atoms with Crippen molar-refractivity contribution in [3.63, 3.8) is 0 Å². The lowest BCUT2D eigenvalue weighted by atomic mass is 9.75. The summed E-state index contributed by atoms with van der Waals surface area (Å²) >= 11 is 0. The number of allylic oxidation sites excluding steroid dienone is 9. The van der Waals surface area contributed by atoms with Gasteiger partial charge in [-0.3, -0.25) is 9.59 Å². The van der Waals surface area contributed by atoms with Crippen LogP contribution in [0.25, 0.3) is 5.57 Å². The van der Waals surface area contributed by atoms with Gasteiger partial charge in [-0.15, -0.1) is 0 Å². The maximum atomic E-state index is 13.3. The first-order chi connectivity index (χ1) is 24.0. The summed E-state index contributed by atoms with van der Waals surface area (Å²) in [5.41, 5.74) is -0.863. The molecule has 0 amide bonds. The molecular weight excluding hydrogens is 653 g/mol. The predicted octanol–water partition coefficient (Wildman–Crippen LogP) is 8.07. The second kappa shape index (κ2) is 17.3. The van der Waals surface area contributed by atoms with Crippen molar-refractivity contribution in [2.24, 2.45) is 5.41 Å². The molecule has 2 aromatic carbocycles. The molecule has 11 heteroatoms. The molecule has 8 nitrogen and oxygen atoms in total. The van der Waals surface area contributed by atoms with Gasteiger partial charge in [0.25, 0.3) is 0 Å². The standard InChI is InChI=1S/C39H37F3O8/c1-3-47-36(45)38(37(46)48-4-2,29-13-8-5-6-9-14-29)25-12-26-49-34(43)28-19-23-31(24-20-28)50-35(44)33-16-11-7-10-15-32(33)27-17-21-30(22-18-27)39(40,41)42/h5,7-11,13-14,16-24H,3-4,6,12,15,25-26H2,1-2H3. The average molecular weight is 691 g/mol. The highest BCUT2D eigenvalue weighted by molar-refractivity contribution is 6.04. The van der Waals surface area contributed by atoms with Gasteiger partial charge in [0.2, 0.25) is 0 Å². The molecular formula is C39H37F3O8. The summed E-state index contributed by atoms with van der Waals surface area (Å²) in [6, 6.07) is 10.2. The minimum absolute atomic E-state index is 0.0366. The molecule has 0 aromatic heterocycles. The Labute approximate surface area is 288 Å². The van der Waals surface area contributed by atoms with E-state index in [1.165, 1.54) is 42.5 Å². The molecule has 0 saturated heterocycles. The van der Waals surface area contributed by atoms with Crippen molar-refractivity contribution in [1.82, 2.24) is 0 Å². The van der Waals surface area contributed by atoms with Crippen LogP contribution in [-0.2, 0) is 34.8 Å². The molecule has 0 bridgehead atoms. The molecule has 0 unspecified atom stereocenters. The van der Waals surface area contributed by atoms with E-state index in [1.807, 2.05) is 12.2 Å². The average Bonchev–Trinajstić information content (AvgIpc) is 3.53. The number of carbonyl (C=O) groups is 4. The lowest BCUT2D eigenvalue weighted by Crippen LogP contribution is -2.43. The zero-order valence-electron chi connectivity index (χ0n) is 27.7. The van der Waals surface area contributed by atoms with Crippen LogP contribution in [0.4, 0.5) is 13.2 Å². The summed E-state index contributed by atoms with van der Waals surface area (Å²) in [5.74, 6) is -2.78. The summed E-state index contributed by atoms with van der Waals surface area (Å²) < 4.78 is 60.8. The Hall–Kier alpha value is -5.45. The first-order valence-corrected chi connectivity index (χ1v) is 16.1. The number of esters is 4. The summed E-state index contributed by atoms with van der Waals surface area (Å²) in [4.78, 5) is 52.6. The van der Waals surface area contributed by atoms with Gasteiger partial charge < -0.3 is 18.9 Å². The largest absolute Gasteiger partial charge is 0.465 e. The fraction of sp³-hybridized carbons (Fsp3) is 0.282. The quantitative estimate of drug-likeness (QED) is 0.0684. The van der Waals surface area contributed by atoms with Crippen molar-refractivity contribution in [3.05, 3.63) is 131 Å². The molecule has 0 fully saturated rings. The summed E-state index contributed by atoms with van der Waals surface area (Å²) in [7, 11) is 0. The van der Waals surface area contributed by atoms with Crippen molar-refractivity contribution >= 4 is 29.5 Å². The minimum Gasteiger partial charge on any atom is -0.465 e. The van der Waals surface area contributed by atoms with E-state index in [-0.39, 0.29) is 49.5 Å². The Kier molecular flexibility index (Phi) is 12.9. The van der Waals surface area contributed by atoms with Crippen LogP contribution in [0.15, 0.2) is 114 Å². The zero-order valence-corrected chi connectivity index (χ0v) is 27.7. The summed E-state index contributed by atoms with van der Waals surface area (Å²) in [6.07, 6.45) is 12.0. The number of benzene rings is 2. The molecule has 0 radical (unpaired) electrons. The lowest BCUT2D eigenvalue weighted by molar-refractivity contribution is -0.169. The van der Waals surface area contributed by atoms with E-state index in [0.29, 0.717) is 29.6 Å². The molecule has 2 aliphatic carbocycles. The van der Waals surface area contributed by atoms with Crippen LogP contribution in [0.2, 0.25) is 0 Å². The molecule has 0 N–H and O–H groups in total. The molecule has 4 rings (SSSR count). The highest BCUT2D eigenvalue weighted by atomic mass is 19.4. The molecule has 0 saturated carbocycles. The van der Waals surface area contributed by atoms with E-state index >= 15 is 0 Å². The molecule has 0 heterocycles. The molecule has 262 valence electrons. The van der Waals surface area contributed by atoms with Crippen molar-refractivity contribution < 1.29 is 51.3 Å². The van der Waals surface area contributed by atoms with Gasteiger partial charge in [-0.05, 0) is 98.7 Å². The Morgan fingerprint density at radius 3 is 2.06 bits per heavy atom. The number of ether oxygens (including phenoxy) is 4. The van der Waals surface area contributed by atoms with Crippen LogP contribution in [0, 0.1) is 5.41 Å². The first kappa shape index (κ1) is 37.4. The Balaban J connectivity index is 1.42. The van der Waals surface area contributed by atoms with E-state index < -0.39 is 41.0 Å². The van der Waals surface area contributed by atoms with Crippen LogP contribution in [0.1, 0.15) is 61.0 Å². The number of hydrogen-bond donors (Lipinski definition) is 0. The van der Waals surface area contributed by atoms with Gasteiger partial charge in [0.15, 0.2) is 5.41 Å². The van der Waals surface area contributed by atoms with Crippen LogP contribution in [-0.4, -0.2) is 43.7 Å². The third-order valence-electron chi connectivity index (χ3n) is 7.89. The van der Waals surface area contributed by atoms with E-state index in [1.54, 1.807) is 50.3 Å². The minimum atomic E-state index is -4.49. The van der Waals surface area contributed by atoms with E-state index in [4.69, 9.17) is 18.9 Å². The fourth-order valence-electron chi connectivity index (χ4n) is 5.40. The van der Waals surface area contributed by atoms with Gasteiger partial charge in [-0.25, -0.2) is 9.59 Å². The maximum Gasteiger partial charge on any atom is 0.416 e. The predicted molar refractivity (Wildman–Crippen MR) is 180 cm³/mol. The van der Waals surface area contributed by atoms with Gasteiger partial charge in [0.1, 0.15) is 5.75 Å². The molecule has 0 aliphatic heterocycles. The maximum absolute atomic E-state index is 13.3. The van der Waals surface area contributed by atoms with Crippen LogP contribution >= 0.6 is 0 Å². The van der Waals surface area contributed by atoms with E-state index in [0.717, 1.165) is 12.1 Å². The fourth-order valence-corrected chi connectivity index (χ4v) is 5.40. The van der Waals surface area contributed by atoms with Crippen LogP contribution < -0.4 is 4.74 Å².